The topological polar surface area (TPSA) is 59.2 Å². The number of pyridine rings is 1. The van der Waals surface area contributed by atoms with Gasteiger partial charge in [0.2, 0.25) is 0 Å². The third-order valence-corrected chi connectivity index (χ3v) is 3.08. The first-order chi connectivity index (χ1) is 8.24. The highest BCUT2D eigenvalue weighted by atomic mass is 16.2. The Labute approximate surface area is 102 Å². The van der Waals surface area contributed by atoms with Crippen molar-refractivity contribution < 1.29 is 4.79 Å². The summed E-state index contributed by atoms with van der Waals surface area (Å²) in [5, 5.41) is 0. The van der Waals surface area contributed by atoms with Crippen molar-refractivity contribution in [2.75, 3.05) is 12.3 Å². The lowest BCUT2D eigenvalue weighted by atomic mass is 10.2. The number of anilines is 1. The molecule has 1 fully saturated rings. The number of rotatable bonds is 5. The van der Waals surface area contributed by atoms with E-state index in [9.17, 15) is 4.79 Å². The zero-order chi connectivity index (χ0) is 12.3. The molecule has 4 nitrogen and oxygen atoms in total. The van der Waals surface area contributed by atoms with Crippen LogP contribution in [0.5, 0.6) is 0 Å². The zero-order valence-electron chi connectivity index (χ0n) is 10.2. The lowest BCUT2D eigenvalue weighted by Gasteiger charge is -2.22. The summed E-state index contributed by atoms with van der Waals surface area (Å²) in [6.07, 6.45) is 7.56. The van der Waals surface area contributed by atoms with Gasteiger partial charge in [0.25, 0.3) is 5.91 Å². The van der Waals surface area contributed by atoms with Crippen LogP contribution in [-0.2, 0) is 0 Å². The van der Waals surface area contributed by atoms with Gasteiger partial charge < -0.3 is 10.6 Å². The van der Waals surface area contributed by atoms with Crippen LogP contribution in [0.1, 0.15) is 43.0 Å². The highest BCUT2D eigenvalue weighted by molar-refractivity contribution is 5.99. The van der Waals surface area contributed by atoms with Crippen molar-refractivity contribution in [1.82, 2.24) is 9.88 Å². The predicted molar refractivity (Wildman–Crippen MR) is 67.6 cm³/mol. The van der Waals surface area contributed by atoms with Gasteiger partial charge >= 0.3 is 0 Å². The van der Waals surface area contributed by atoms with Crippen LogP contribution in [0.25, 0.3) is 0 Å². The van der Waals surface area contributed by atoms with Gasteiger partial charge in [0.15, 0.2) is 0 Å². The van der Waals surface area contributed by atoms with Gasteiger partial charge in [-0.3, -0.25) is 9.78 Å². The largest absolute Gasteiger partial charge is 0.397 e. The molecule has 2 rings (SSSR count). The molecule has 0 unspecified atom stereocenters. The normalized spacial score (nSPS) is 14.6. The molecule has 0 saturated heterocycles. The fourth-order valence-corrected chi connectivity index (χ4v) is 1.92. The van der Waals surface area contributed by atoms with Crippen molar-refractivity contribution >= 4 is 11.6 Å². The Bertz CT molecular complexity index is 401. The minimum Gasteiger partial charge on any atom is -0.397 e. The van der Waals surface area contributed by atoms with Crippen molar-refractivity contribution in [3.8, 4) is 0 Å². The van der Waals surface area contributed by atoms with Gasteiger partial charge in [-0.2, -0.15) is 0 Å². The first-order valence-corrected chi connectivity index (χ1v) is 6.24. The number of unbranched alkanes of at least 4 members (excludes halogenated alkanes) is 1. The average Bonchev–Trinajstić information content (AvgIpc) is 3.14. The number of amides is 1. The number of carbonyl (C=O) groups excluding carboxylic acids is 1. The van der Waals surface area contributed by atoms with E-state index in [4.69, 9.17) is 5.73 Å². The van der Waals surface area contributed by atoms with E-state index in [0.717, 1.165) is 32.2 Å². The fourth-order valence-electron chi connectivity index (χ4n) is 1.92. The molecule has 1 amide bonds. The Balaban J connectivity index is 2.13. The van der Waals surface area contributed by atoms with E-state index in [0.29, 0.717) is 17.3 Å². The Hall–Kier alpha value is -1.58. The molecule has 1 aromatic rings. The van der Waals surface area contributed by atoms with E-state index >= 15 is 0 Å². The van der Waals surface area contributed by atoms with Gasteiger partial charge in [-0.1, -0.05) is 13.3 Å². The number of nitrogen functional groups attached to an aromatic ring is 1. The molecule has 1 saturated carbocycles. The average molecular weight is 233 g/mol. The Morgan fingerprint density at radius 2 is 2.35 bits per heavy atom. The first kappa shape index (κ1) is 11.9. The van der Waals surface area contributed by atoms with E-state index in [2.05, 4.69) is 11.9 Å². The Morgan fingerprint density at radius 3 is 2.94 bits per heavy atom. The number of nitrogens with zero attached hydrogens (tertiary/aromatic N) is 2. The summed E-state index contributed by atoms with van der Waals surface area (Å²) in [5.41, 5.74) is 6.86. The summed E-state index contributed by atoms with van der Waals surface area (Å²) < 4.78 is 0. The van der Waals surface area contributed by atoms with Crippen LogP contribution in [0.4, 0.5) is 5.69 Å². The number of aromatic nitrogens is 1. The van der Waals surface area contributed by atoms with Crippen LogP contribution < -0.4 is 5.73 Å². The highest BCUT2D eigenvalue weighted by Crippen LogP contribution is 2.29. The molecular weight excluding hydrogens is 214 g/mol. The molecule has 0 spiro atoms. The maximum Gasteiger partial charge on any atom is 0.256 e. The second-order valence-corrected chi connectivity index (χ2v) is 4.55. The fraction of sp³-hybridized carbons (Fsp3) is 0.538. The predicted octanol–water partition coefficient (Wildman–Crippen LogP) is 2.07. The number of hydrogen-bond acceptors (Lipinski definition) is 3. The first-order valence-electron chi connectivity index (χ1n) is 6.24. The molecule has 0 atom stereocenters. The second kappa shape index (κ2) is 5.17. The molecular formula is C13H19N3O. The summed E-state index contributed by atoms with van der Waals surface area (Å²) in [7, 11) is 0. The maximum absolute atomic E-state index is 12.4. The minimum atomic E-state index is 0.0563. The molecule has 92 valence electrons. The van der Waals surface area contributed by atoms with Crippen molar-refractivity contribution in [2.24, 2.45) is 0 Å². The summed E-state index contributed by atoms with van der Waals surface area (Å²) in [4.78, 5) is 18.3. The molecule has 1 aliphatic rings. The molecule has 1 aromatic heterocycles. The standard InChI is InChI=1S/C13H19N3O/c1-2-3-8-16(10-4-5-10)13(17)11-6-7-15-9-12(11)14/h6-7,9-10H,2-5,8,14H2,1H3. The molecule has 0 aliphatic heterocycles. The quantitative estimate of drug-likeness (QED) is 0.847. The van der Waals surface area contributed by atoms with Crippen molar-refractivity contribution in [3.63, 3.8) is 0 Å². The molecule has 4 heteroatoms. The number of nitrogens with two attached hydrogens (primary N) is 1. The van der Waals surface area contributed by atoms with Crippen molar-refractivity contribution in [2.45, 2.75) is 38.6 Å². The van der Waals surface area contributed by atoms with E-state index in [-0.39, 0.29) is 5.91 Å². The van der Waals surface area contributed by atoms with Gasteiger partial charge in [0.1, 0.15) is 0 Å². The highest BCUT2D eigenvalue weighted by Gasteiger charge is 2.33. The number of hydrogen-bond donors (Lipinski definition) is 1. The number of carbonyl (C=O) groups is 1. The third-order valence-electron chi connectivity index (χ3n) is 3.08. The van der Waals surface area contributed by atoms with Crippen molar-refractivity contribution in [3.05, 3.63) is 24.0 Å². The van der Waals surface area contributed by atoms with Gasteiger partial charge in [-0.05, 0) is 25.3 Å². The van der Waals surface area contributed by atoms with Crippen LogP contribution in [0.15, 0.2) is 18.5 Å². The van der Waals surface area contributed by atoms with Gasteiger partial charge in [-0.15, -0.1) is 0 Å². The molecule has 0 bridgehead atoms. The minimum absolute atomic E-state index is 0.0563. The van der Waals surface area contributed by atoms with Gasteiger partial charge in [-0.25, -0.2) is 0 Å². The molecule has 0 radical (unpaired) electrons. The molecule has 0 aromatic carbocycles. The Morgan fingerprint density at radius 1 is 1.59 bits per heavy atom. The van der Waals surface area contributed by atoms with Crippen LogP contribution in [0.3, 0.4) is 0 Å². The van der Waals surface area contributed by atoms with Crippen LogP contribution in [0.2, 0.25) is 0 Å². The molecule has 17 heavy (non-hydrogen) atoms. The van der Waals surface area contributed by atoms with Gasteiger partial charge in [0, 0.05) is 18.8 Å². The van der Waals surface area contributed by atoms with E-state index in [1.165, 1.54) is 6.20 Å². The van der Waals surface area contributed by atoms with E-state index in [1.54, 1.807) is 12.3 Å². The SMILES string of the molecule is CCCCN(C(=O)c1ccncc1N)C1CC1. The summed E-state index contributed by atoms with van der Waals surface area (Å²) in [5.74, 6) is 0.0563. The zero-order valence-corrected chi connectivity index (χ0v) is 10.2. The monoisotopic (exact) mass is 233 g/mol. The third kappa shape index (κ3) is 2.75. The van der Waals surface area contributed by atoms with E-state index < -0.39 is 0 Å². The summed E-state index contributed by atoms with van der Waals surface area (Å²) in [6.45, 7) is 2.97. The van der Waals surface area contributed by atoms with Crippen LogP contribution >= 0.6 is 0 Å². The molecule has 1 aliphatic carbocycles. The lowest BCUT2D eigenvalue weighted by Crippen LogP contribution is -2.34. The van der Waals surface area contributed by atoms with Gasteiger partial charge in [0.05, 0.1) is 17.4 Å². The smallest absolute Gasteiger partial charge is 0.256 e. The second-order valence-electron chi connectivity index (χ2n) is 4.55. The van der Waals surface area contributed by atoms with E-state index in [1.807, 2.05) is 4.90 Å². The maximum atomic E-state index is 12.4. The van der Waals surface area contributed by atoms with Crippen LogP contribution in [-0.4, -0.2) is 28.4 Å². The van der Waals surface area contributed by atoms with Crippen molar-refractivity contribution in [1.29, 1.82) is 0 Å². The molecule has 2 N–H and O–H groups in total. The summed E-state index contributed by atoms with van der Waals surface area (Å²) >= 11 is 0. The Kier molecular flexibility index (Phi) is 3.61. The lowest BCUT2D eigenvalue weighted by molar-refractivity contribution is 0.0741. The molecule has 1 heterocycles. The summed E-state index contributed by atoms with van der Waals surface area (Å²) in [6, 6.07) is 2.14. The van der Waals surface area contributed by atoms with Crippen LogP contribution in [0, 0.1) is 0 Å².